The van der Waals surface area contributed by atoms with E-state index < -0.39 is 0 Å². The van der Waals surface area contributed by atoms with Gasteiger partial charge in [0.15, 0.2) is 5.43 Å². The number of benzene rings is 2. The fourth-order valence-electron chi connectivity index (χ4n) is 4.50. The third kappa shape index (κ3) is 4.12. The molecule has 1 saturated heterocycles. The van der Waals surface area contributed by atoms with Crippen LogP contribution in [0.15, 0.2) is 77.6 Å². The number of pyridine rings is 2. The molecule has 1 fully saturated rings. The highest BCUT2D eigenvalue weighted by molar-refractivity contribution is 5.84. The topological polar surface area (TPSA) is 70.5 Å². The zero-order chi connectivity index (χ0) is 23.7. The second-order valence-electron chi connectivity index (χ2n) is 8.51. The molecule has 172 valence electrons. The van der Waals surface area contributed by atoms with Crippen LogP contribution < -0.4 is 15.6 Å². The minimum absolute atomic E-state index is 0.0864. The maximum atomic E-state index is 13.3. The van der Waals surface area contributed by atoms with Crippen LogP contribution in [0.1, 0.15) is 12.6 Å². The van der Waals surface area contributed by atoms with Crippen LogP contribution in [0.2, 0.25) is 0 Å². The number of amides is 1. The van der Waals surface area contributed by atoms with Gasteiger partial charge in [-0.3, -0.25) is 14.2 Å². The zero-order valence-electron chi connectivity index (χ0n) is 19.4. The van der Waals surface area contributed by atoms with Crippen molar-refractivity contribution in [3.8, 4) is 5.69 Å². The van der Waals surface area contributed by atoms with Crippen LogP contribution >= 0.6 is 0 Å². The van der Waals surface area contributed by atoms with E-state index in [0.29, 0.717) is 43.0 Å². The first-order valence-corrected chi connectivity index (χ1v) is 11.5. The molecule has 5 rings (SSSR count). The molecule has 2 aromatic carbocycles. The number of nitrogens with one attached hydrogen (secondary N) is 1. The summed E-state index contributed by atoms with van der Waals surface area (Å²) in [5, 5.41) is 3.96. The molecule has 0 aliphatic carbocycles. The van der Waals surface area contributed by atoms with Crippen LogP contribution in [0.5, 0.6) is 0 Å². The molecule has 7 nitrogen and oxygen atoms in total. The van der Waals surface area contributed by atoms with E-state index in [4.69, 9.17) is 4.98 Å². The fraction of sp³-hybridized carbons (Fsp3) is 0.222. The van der Waals surface area contributed by atoms with Gasteiger partial charge < -0.3 is 15.1 Å². The number of fused-ring (bicyclic) bond motifs is 1. The van der Waals surface area contributed by atoms with E-state index >= 15 is 0 Å². The molecule has 1 aliphatic rings. The van der Waals surface area contributed by atoms with Crippen LogP contribution in [0.25, 0.3) is 16.7 Å². The number of carbonyl (C=O) groups is 1. The van der Waals surface area contributed by atoms with Crippen molar-refractivity contribution in [2.24, 2.45) is 0 Å². The van der Waals surface area contributed by atoms with Crippen LogP contribution in [-0.2, 0) is 4.79 Å². The van der Waals surface area contributed by atoms with Gasteiger partial charge >= 0.3 is 0 Å². The number of aromatic nitrogens is 2. The average molecular weight is 454 g/mol. The van der Waals surface area contributed by atoms with Crippen molar-refractivity contribution in [1.82, 2.24) is 14.5 Å². The first kappa shape index (κ1) is 21.7. The number of para-hydroxylation sites is 2. The molecular weight excluding hydrogens is 426 g/mol. The van der Waals surface area contributed by atoms with E-state index in [0.717, 1.165) is 22.8 Å². The lowest BCUT2D eigenvalue weighted by Gasteiger charge is -2.36. The van der Waals surface area contributed by atoms with Crippen molar-refractivity contribution in [3.05, 3.63) is 88.7 Å². The second-order valence-corrected chi connectivity index (χ2v) is 8.51. The van der Waals surface area contributed by atoms with Crippen molar-refractivity contribution in [3.63, 3.8) is 0 Å². The van der Waals surface area contributed by atoms with E-state index in [2.05, 4.69) is 10.2 Å². The van der Waals surface area contributed by atoms with Gasteiger partial charge in [0.25, 0.3) is 0 Å². The first-order valence-electron chi connectivity index (χ1n) is 11.5. The number of carbonyl (C=O) groups excluding carboxylic acids is 1. The van der Waals surface area contributed by atoms with Gasteiger partial charge in [-0.05, 0) is 37.3 Å². The molecule has 3 heterocycles. The lowest BCUT2D eigenvalue weighted by molar-refractivity contribution is -0.129. The SMILES string of the molecule is CC(=O)N1CCN(c2cc3c(=O)cc(Nc4ccccc4)n(-c4ccccc4)c3nc2C)CC1. The van der Waals surface area contributed by atoms with Crippen molar-refractivity contribution >= 4 is 34.1 Å². The van der Waals surface area contributed by atoms with Gasteiger partial charge in [-0.2, -0.15) is 0 Å². The molecule has 0 atom stereocenters. The number of rotatable bonds is 4. The zero-order valence-corrected chi connectivity index (χ0v) is 19.4. The summed E-state index contributed by atoms with van der Waals surface area (Å²) in [5.41, 5.74) is 4.13. The normalized spacial score (nSPS) is 13.8. The third-order valence-electron chi connectivity index (χ3n) is 6.28. The van der Waals surface area contributed by atoms with Crippen molar-refractivity contribution in [2.75, 3.05) is 36.4 Å². The van der Waals surface area contributed by atoms with Crippen LogP contribution in [0.3, 0.4) is 0 Å². The summed E-state index contributed by atoms with van der Waals surface area (Å²) < 4.78 is 1.99. The Balaban J connectivity index is 1.64. The van der Waals surface area contributed by atoms with Gasteiger partial charge in [0.1, 0.15) is 11.5 Å². The molecule has 4 aromatic rings. The summed E-state index contributed by atoms with van der Waals surface area (Å²) >= 11 is 0. The Morgan fingerprint density at radius 1 is 0.912 bits per heavy atom. The Bertz CT molecular complexity index is 1390. The summed E-state index contributed by atoms with van der Waals surface area (Å²) in [5.74, 6) is 0.752. The fourth-order valence-corrected chi connectivity index (χ4v) is 4.50. The minimum atomic E-state index is -0.0864. The number of anilines is 3. The minimum Gasteiger partial charge on any atom is -0.366 e. The lowest BCUT2D eigenvalue weighted by Crippen LogP contribution is -2.48. The van der Waals surface area contributed by atoms with E-state index in [1.807, 2.05) is 83.1 Å². The molecule has 1 aliphatic heterocycles. The van der Waals surface area contributed by atoms with Crippen molar-refractivity contribution < 1.29 is 4.79 Å². The van der Waals surface area contributed by atoms with Gasteiger partial charge in [0.2, 0.25) is 5.91 Å². The van der Waals surface area contributed by atoms with E-state index in [9.17, 15) is 9.59 Å². The maximum Gasteiger partial charge on any atom is 0.219 e. The maximum absolute atomic E-state index is 13.3. The number of hydrogen-bond donors (Lipinski definition) is 1. The van der Waals surface area contributed by atoms with Crippen LogP contribution in [0.4, 0.5) is 17.2 Å². The summed E-state index contributed by atoms with van der Waals surface area (Å²) in [6.45, 7) is 6.35. The molecule has 0 bridgehead atoms. The van der Waals surface area contributed by atoms with E-state index in [1.165, 1.54) is 0 Å². The smallest absolute Gasteiger partial charge is 0.219 e. The monoisotopic (exact) mass is 453 g/mol. The van der Waals surface area contributed by atoms with Gasteiger partial charge in [-0.25, -0.2) is 4.98 Å². The van der Waals surface area contributed by atoms with Crippen LogP contribution in [-0.4, -0.2) is 46.5 Å². The Labute approximate surface area is 198 Å². The van der Waals surface area contributed by atoms with E-state index in [1.54, 1.807) is 13.0 Å². The number of nitrogens with zero attached hydrogens (tertiary/aromatic N) is 4. The number of hydrogen-bond acceptors (Lipinski definition) is 5. The molecule has 1 N–H and O–H groups in total. The highest BCUT2D eigenvalue weighted by atomic mass is 16.2. The molecule has 7 heteroatoms. The summed E-state index contributed by atoms with van der Waals surface area (Å²) in [7, 11) is 0. The first-order chi connectivity index (χ1) is 16.5. The summed E-state index contributed by atoms with van der Waals surface area (Å²) in [4.78, 5) is 34.0. The Morgan fingerprint density at radius 2 is 1.56 bits per heavy atom. The largest absolute Gasteiger partial charge is 0.366 e. The molecule has 34 heavy (non-hydrogen) atoms. The summed E-state index contributed by atoms with van der Waals surface area (Å²) in [6.07, 6.45) is 0. The standard InChI is InChI=1S/C27H27N5O2/c1-19-24(31-15-13-30(14-16-31)20(2)33)17-23-25(34)18-26(29-21-9-5-3-6-10-21)32(27(23)28-19)22-11-7-4-8-12-22/h3-12,17-18,29H,13-16H2,1-2H3. The quantitative estimate of drug-likeness (QED) is 0.504. The van der Waals surface area contributed by atoms with Gasteiger partial charge in [0.05, 0.1) is 16.8 Å². The number of aryl methyl sites for hydroxylation is 1. The molecule has 0 spiro atoms. The summed E-state index contributed by atoms with van der Waals surface area (Å²) in [6, 6.07) is 23.3. The van der Waals surface area contributed by atoms with Crippen LogP contribution in [0, 0.1) is 6.92 Å². The predicted octanol–water partition coefficient (Wildman–Crippen LogP) is 4.11. The average Bonchev–Trinajstić information content (AvgIpc) is 2.85. The van der Waals surface area contributed by atoms with Gasteiger partial charge in [0, 0.05) is 50.5 Å². The molecular formula is C27H27N5O2. The predicted molar refractivity (Wildman–Crippen MR) is 136 cm³/mol. The highest BCUT2D eigenvalue weighted by Gasteiger charge is 2.22. The lowest BCUT2D eigenvalue weighted by atomic mass is 10.1. The molecule has 0 unspecified atom stereocenters. The Kier molecular flexibility index (Phi) is 5.76. The second kappa shape index (κ2) is 9.02. The van der Waals surface area contributed by atoms with Crippen molar-refractivity contribution in [1.29, 1.82) is 0 Å². The Hall–Kier alpha value is -4.13. The molecule has 0 radical (unpaired) electrons. The van der Waals surface area contributed by atoms with E-state index in [-0.39, 0.29) is 11.3 Å². The highest BCUT2D eigenvalue weighted by Crippen LogP contribution is 2.28. The molecule has 2 aromatic heterocycles. The van der Waals surface area contributed by atoms with Gasteiger partial charge in [-0.1, -0.05) is 36.4 Å². The van der Waals surface area contributed by atoms with Gasteiger partial charge in [-0.15, -0.1) is 0 Å². The molecule has 0 saturated carbocycles. The Morgan fingerprint density at radius 3 is 2.21 bits per heavy atom. The molecule has 1 amide bonds. The van der Waals surface area contributed by atoms with Crippen molar-refractivity contribution in [2.45, 2.75) is 13.8 Å². The third-order valence-corrected chi connectivity index (χ3v) is 6.28. The number of piperazine rings is 1.